The Bertz CT molecular complexity index is 1010. The SMILES string of the molecule is CCCNC(=O)N1CC2(CN(C(=O)CC)C2)c2c(n(C)c3cc(OC)ccc23)[C@@H]1CO. The van der Waals surface area contributed by atoms with Crippen LogP contribution in [0.5, 0.6) is 5.75 Å². The Hall–Kier alpha value is -2.74. The molecule has 3 amide bonds. The predicted molar refractivity (Wildman–Crippen MR) is 118 cm³/mol. The zero-order chi connectivity index (χ0) is 22.3. The molecule has 2 N–H and O–H groups in total. The smallest absolute Gasteiger partial charge is 0.318 e. The molecule has 1 saturated heterocycles. The lowest BCUT2D eigenvalue weighted by molar-refractivity contribution is -0.139. The van der Waals surface area contributed by atoms with E-state index < -0.39 is 6.04 Å². The molecule has 1 spiro atoms. The third kappa shape index (κ3) is 3.24. The maximum absolute atomic E-state index is 13.1. The topological polar surface area (TPSA) is 87.0 Å². The predicted octanol–water partition coefficient (Wildman–Crippen LogP) is 2.15. The zero-order valence-electron chi connectivity index (χ0n) is 18.8. The van der Waals surface area contributed by atoms with Gasteiger partial charge in [0, 0.05) is 56.8 Å². The second-order valence-corrected chi connectivity index (χ2v) is 8.64. The van der Waals surface area contributed by atoms with Crippen molar-refractivity contribution >= 4 is 22.8 Å². The molecule has 4 rings (SSSR count). The maximum atomic E-state index is 13.1. The van der Waals surface area contributed by atoms with Crippen molar-refractivity contribution in [1.82, 2.24) is 19.7 Å². The Kier molecular flexibility index (Phi) is 5.60. The maximum Gasteiger partial charge on any atom is 0.318 e. The molecular weight excluding hydrogens is 396 g/mol. The molecule has 3 heterocycles. The number of aryl methyl sites for hydroxylation is 1. The number of carbonyl (C=O) groups is 2. The Morgan fingerprint density at radius 2 is 2.00 bits per heavy atom. The summed E-state index contributed by atoms with van der Waals surface area (Å²) in [7, 11) is 3.61. The second-order valence-electron chi connectivity index (χ2n) is 8.64. The number of nitrogens with zero attached hydrogens (tertiary/aromatic N) is 3. The van der Waals surface area contributed by atoms with E-state index in [1.165, 1.54) is 0 Å². The van der Waals surface area contributed by atoms with Gasteiger partial charge >= 0.3 is 6.03 Å². The lowest BCUT2D eigenvalue weighted by Gasteiger charge is -2.56. The monoisotopic (exact) mass is 428 g/mol. The molecule has 8 nitrogen and oxygen atoms in total. The summed E-state index contributed by atoms with van der Waals surface area (Å²) in [6.07, 6.45) is 1.31. The van der Waals surface area contributed by atoms with Crippen LogP contribution >= 0.6 is 0 Å². The number of carbonyl (C=O) groups excluding carboxylic acids is 2. The van der Waals surface area contributed by atoms with E-state index >= 15 is 0 Å². The molecule has 0 saturated carbocycles. The third-order valence-electron chi connectivity index (χ3n) is 6.75. The highest BCUT2D eigenvalue weighted by molar-refractivity contribution is 5.90. The van der Waals surface area contributed by atoms with Gasteiger partial charge in [0.1, 0.15) is 5.75 Å². The summed E-state index contributed by atoms with van der Waals surface area (Å²) in [5, 5.41) is 14.4. The molecule has 1 aromatic carbocycles. The number of aliphatic hydroxyl groups excluding tert-OH is 1. The molecule has 0 radical (unpaired) electrons. The first-order valence-corrected chi connectivity index (χ1v) is 11.0. The number of rotatable bonds is 5. The normalized spacial score (nSPS) is 19.3. The quantitative estimate of drug-likeness (QED) is 0.764. The summed E-state index contributed by atoms with van der Waals surface area (Å²) in [4.78, 5) is 29.0. The lowest BCUT2D eigenvalue weighted by atomic mass is 9.68. The Balaban J connectivity index is 1.87. The van der Waals surface area contributed by atoms with Crippen molar-refractivity contribution in [3.63, 3.8) is 0 Å². The Morgan fingerprint density at radius 1 is 1.26 bits per heavy atom. The van der Waals surface area contributed by atoms with E-state index in [-0.39, 0.29) is 24.0 Å². The van der Waals surface area contributed by atoms with Gasteiger partial charge in [-0.1, -0.05) is 13.8 Å². The summed E-state index contributed by atoms with van der Waals surface area (Å²) in [5.41, 5.74) is 2.74. The van der Waals surface area contributed by atoms with Gasteiger partial charge in [0.15, 0.2) is 0 Å². The fourth-order valence-corrected chi connectivity index (χ4v) is 5.25. The lowest BCUT2D eigenvalue weighted by Crippen LogP contribution is -2.68. The van der Waals surface area contributed by atoms with Crippen molar-refractivity contribution in [2.24, 2.45) is 7.05 Å². The van der Waals surface area contributed by atoms with Gasteiger partial charge in [-0.05, 0) is 24.1 Å². The number of amides is 3. The largest absolute Gasteiger partial charge is 0.497 e. The first-order chi connectivity index (χ1) is 14.9. The van der Waals surface area contributed by atoms with Crippen LogP contribution in [-0.4, -0.2) is 71.3 Å². The van der Waals surface area contributed by atoms with Crippen molar-refractivity contribution in [3.8, 4) is 5.75 Å². The van der Waals surface area contributed by atoms with Crippen LogP contribution in [0.1, 0.15) is 44.0 Å². The summed E-state index contributed by atoms with van der Waals surface area (Å²) in [6, 6.07) is 5.37. The summed E-state index contributed by atoms with van der Waals surface area (Å²) in [6.45, 7) is 5.93. The van der Waals surface area contributed by atoms with Crippen molar-refractivity contribution < 1.29 is 19.4 Å². The van der Waals surface area contributed by atoms with Gasteiger partial charge < -0.3 is 29.5 Å². The second kappa shape index (κ2) is 8.07. The third-order valence-corrected chi connectivity index (χ3v) is 6.75. The highest BCUT2D eigenvalue weighted by atomic mass is 16.5. The van der Waals surface area contributed by atoms with Crippen LogP contribution in [0.4, 0.5) is 4.79 Å². The molecule has 31 heavy (non-hydrogen) atoms. The van der Waals surface area contributed by atoms with Crippen LogP contribution < -0.4 is 10.1 Å². The van der Waals surface area contributed by atoms with E-state index in [0.29, 0.717) is 32.6 Å². The molecule has 2 aliphatic heterocycles. The molecule has 0 aliphatic carbocycles. The van der Waals surface area contributed by atoms with Crippen LogP contribution in [0.2, 0.25) is 0 Å². The Labute approximate surface area is 182 Å². The molecule has 1 atom stereocenters. The standard InChI is InChI=1S/C23H32N4O4/c1-5-9-24-22(30)27-14-23(12-26(13-23)19(29)6-2)20-16-8-7-15(31-4)10-17(16)25(3)21(20)18(27)11-28/h7-8,10,18,28H,5-6,9,11-14H2,1-4H3,(H,24,30)/t18-/m0/s1. The molecule has 1 aromatic heterocycles. The van der Waals surface area contributed by atoms with Gasteiger partial charge in [0.2, 0.25) is 5.91 Å². The van der Waals surface area contributed by atoms with E-state index in [1.54, 1.807) is 12.0 Å². The number of nitrogens with one attached hydrogen (secondary N) is 1. The molecule has 2 aliphatic rings. The first kappa shape index (κ1) is 21.5. The van der Waals surface area contributed by atoms with Gasteiger partial charge in [-0.3, -0.25) is 4.79 Å². The van der Waals surface area contributed by atoms with Gasteiger partial charge in [-0.25, -0.2) is 4.79 Å². The van der Waals surface area contributed by atoms with Gasteiger partial charge in [-0.15, -0.1) is 0 Å². The summed E-state index contributed by atoms with van der Waals surface area (Å²) < 4.78 is 7.50. The summed E-state index contributed by atoms with van der Waals surface area (Å²) >= 11 is 0. The van der Waals surface area contributed by atoms with Crippen LogP contribution in [0.15, 0.2) is 18.2 Å². The number of methoxy groups -OCH3 is 1. The average molecular weight is 429 g/mol. The molecule has 1 fully saturated rings. The fraction of sp³-hybridized carbons (Fsp3) is 0.565. The van der Waals surface area contributed by atoms with Gasteiger partial charge in [0.25, 0.3) is 0 Å². The number of ether oxygens (including phenoxy) is 1. The zero-order valence-corrected chi connectivity index (χ0v) is 18.8. The fourth-order valence-electron chi connectivity index (χ4n) is 5.25. The van der Waals surface area contributed by atoms with Crippen LogP contribution in [0.25, 0.3) is 10.9 Å². The number of aromatic nitrogens is 1. The highest BCUT2D eigenvalue weighted by Crippen LogP contribution is 2.49. The van der Waals surface area contributed by atoms with Crippen molar-refractivity contribution in [2.75, 3.05) is 39.9 Å². The molecule has 0 unspecified atom stereocenters. The average Bonchev–Trinajstić information content (AvgIpc) is 3.06. The molecule has 0 bridgehead atoms. The minimum atomic E-state index is -0.447. The molecular formula is C23H32N4O4. The number of benzene rings is 1. The van der Waals surface area contributed by atoms with Crippen molar-refractivity contribution in [2.45, 2.75) is 38.1 Å². The van der Waals surface area contributed by atoms with Crippen LogP contribution in [0.3, 0.4) is 0 Å². The number of hydrogen-bond acceptors (Lipinski definition) is 4. The number of aliphatic hydroxyl groups is 1. The molecule has 2 aromatic rings. The number of fused-ring (bicyclic) bond motifs is 4. The van der Waals surface area contributed by atoms with Crippen LogP contribution in [0, 0.1) is 0 Å². The number of likely N-dealkylation sites (tertiary alicyclic amines) is 1. The van der Waals surface area contributed by atoms with E-state index in [4.69, 9.17) is 4.74 Å². The Morgan fingerprint density at radius 3 is 2.61 bits per heavy atom. The van der Waals surface area contributed by atoms with E-state index in [2.05, 4.69) is 16.0 Å². The molecule has 168 valence electrons. The van der Waals surface area contributed by atoms with E-state index in [0.717, 1.165) is 34.3 Å². The van der Waals surface area contributed by atoms with E-state index in [1.807, 2.05) is 37.9 Å². The highest BCUT2D eigenvalue weighted by Gasteiger charge is 2.55. The van der Waals surface area contributed by atoms with Gasteiger partial charge in [0.05, 0.1) is 30.7 Å². The van der Waals surface area contributed by atoms with Gasteiger partial charge in [-0.2, -0.15) is 0 Å². The molecule has 8 heteroatoms. The number of hydrogen-bond donors (Lipinski definition) is 2. The van der Waals surface area contributed by atoms with Crippen LogP contribution in [-0.2, 0) is 17.3 Å². The van der Waals surface area contributed by atoms with Crippen molar-refractivity contribution in [3.05, 3.63) is 29.5 Å². The summed E-state index contributed by atoms with van der Waals surface area (Å²) in [5.74, 6) is 0.884. The van der Waals surface area contributed by atoms with E-state index in [9.17, 15) is 14.7 Å². The first-order valence-electron chi connectivity index (χ1n) is 11.0. The number of urea groups is 1. The van der Waals surface area contributed by atoms with Crippen molar-refractivity contribution in [1.29, 1.82) is 0 Å². The minimum Gasteiger partial charge on any atom is -0.497 e. The minimum absolute atomic E-state index is 0.125.